The minimum atomic E-state index is 0.856. The molecule has 4 aromatic carbocycles. The molecule has 0 fully saturated rings. The molecule has 0 aliphatic carbocycles. The van der Waals surface area contributed by atoms with E-state index in [4.69, 9.17) is 4.98 Å². The molecule has 6 rings (SSSR count). The van der Waals surface area contributed by atoms with Gasteiger partial charge in [0.25, 0.3) is 0 Å². The first-order valence-electron chi connectivity index (χ1n) is 13.5. The third kappa shape index (κ3) is 5.21. The lowest BCUT2D eigenvalue weighted by Crippen LogP contribution is -1.96. The highest BCUT2D eigenvalue weighted by molar-refractivity contribution is 9.10. The molecule has 0 spiro atoms. The van der Waals surface area contributed by atoms with Crippen molar-refractivity contribution in [1.29, 1.82) is 0 Å². The van der Waals surface area contributed by atoms with Gasteiger partial charge < -0.3 is 4.57 Å². The van der Waals surface area contributed by atoms with Gasteiger partial charge in [0.15, 0.2) is 0 Å². The highest BCUT2D eigenvalue weighted by Gasteiger charge is 2.14. The third-order valence-corrected chi connectivity index (χ3v) is 7.22. The number of rotatable bonds is 6. The number of para-hydroxylation sites is 2. The van der Waals surface area contributed by atoms with Crippen LogP contribution < -0.4 is 0 Å². The van der Waals surface area contributed by atoms with Gasteiger partial charge in [0.2, 0.25) is 0 Å². The summed E-state index contributed by atoms with van der Waals surface area (Å²) in [4.78, 5) is 4.99. The summed E-state index contributed by atoms with van der Waals surface area (Å²) in [6.45, 7) is 11.9. The minimum Gasteiger partial charge on any atom is -0.309 e. The molecule has 0 unspecified atom stereocenters. The van der Waals surface area contributed by atoms with Crippen LogP contribution in [-0.4, -0.2) is 9.55 Å². The maximum Gasteiger partial charge on any atom is 0.0715 e. The van der Waals surface area contributed by atoms with E-state index >= 15 is 0 Å². The first kappa shape index (κ1) is 27.1. The van der Waals surface area contributed by atoms with E-state index in [-0.39, 0.29) is 0 Å². The average molecular weight is 584 g/mol. The van der Waals surface area contributed by atoms with Crippen LogP contribution in [0.5, 0.6) is 0 Å². The van der Waals surface area contributed by atoms with Crippen molar-refractivity contribution >= 4 is 43.3 Å². The van der Waals surface area contributed by atoms with Crippen molar-refractivity contribution in [2.75, 3.05) is 0 Å². The van der Waals surface area contributed by atoms with Crippen LogP contribution in [0.3, 0.4) is 0 Å². The molecule has 0 amide bonds. The molecule has 0 aliphatic heterocycles. The number of allylic oxidation sites excluding steroid dienone is 4. The van der Waals surface area contributed by atoms with Crippen molar-refractivity contribution in [3.05, 3.63) is 151 Å². The predicted molar refractivity (Wildman–Crippen MR) is 177 cm³/mol. The Kier molecular flexibility index (Phi) is 8.23. The van der Waals surface area contributed by atoms with Crippen molar-refractivity contribution < 1.29 is 0 Å². The Morgan fingerprint density at radius 1 is 0.700 bits per heavy atom. The molecule has 6 aromatic rings. The third-order valence-electron chi connectivity index (χ3n) is 6.76. The second kappa shape index (κ2) is 12.1. The number of fused-ring (bicyclic) bond motifs is 3. The molecule has 2 heterocycles. The van der Waals surface area contributed by atoms with Gasteiger partial charge in [-0.2, -0.15) is 0 Å². The molecule has 0 saturated carbocycles. The van der Waals surface area contributed by atoms with Gasteiger partial charge in [0, 0.05) is 26.5 Å². The van der Waals surface area contributed by atoms with E-state index in [0.717, 1.165) is 43.8 Å². The normalized spacial score (nSPS) is 11.2. The smallest absolute Gasteiger partial charge is 0.0715 e. The van der Waals surface area contributed by atoms with E-state index in [1.165, 1.54) is 21.8 Å². The summed E-state index contributed by atoms with van der Waals surface area (Å²) in [6.07, 6.45) is 5.54. The van der Waals surface area contributed by atoms with Gasteiger partial charge in [-0.25, -0.2) is 4.98 Å². The summed E-state index contributed by atoms with van der Waals surface area (Å²) in [6, 6.07) is 38.3. The van der Waals surface area contributed by atoms with Crippen LogP contribution in [-0.2, 0) is 0 Å². The lowest BCUT2D eigenvalue weighted by atomic mass is 9.99. The van der Waals surface area contributed by atoms with E-state index in [1.54, 1.807) is 6.08 Å². The topological polar surface area (TPSA) is 17.8 Å². The van der Waals surface area contributed by atoms with Crippen molar-refractivity contribution in [2.24, 2.45) is 0 Å². The number of hydrogen-bond acceptors (Lipinski definition) is 1. The van der Waals surface area contributed by atoms with Crippen molar-refractivity contribution in [3.63, 3.8) is 0 Å². The summed E-state index contributed by atoms with van der Waals surface area (Å²) in [5.74, 6) is 0. The maximum absolute atomic E-state index is 4.99. The van der Waals surface area contributed by atoms with E-state index in [2.05, 4.69) is 125 Å². The second-order valence-corrected chi connectivity index (χ2v) is 10.0. The van der Waals surface area contributed by atoms with Gasteiger partial charge in [-0.1, -0.05) is 128 Å². The lowest BCUT2D eigenvalue weighted by Gasteiger charge is -2.14. The van der Waals surface area contributed by atoms with Gasteiger partial charge in [-0.3, -0.25) is 0 Å². The van der Waals surface area contributed by atoms with Crippen LogP contribution in [0.15, 0.2) is 145 Å². The van der Waals surface area contributed by atoms with Crippen LogP contribution in [0.1, 0.15) is 19.5 Å². The Morgan fingerprint density at radius 2 is 1.30 bits per heavy atom. The van der Waals surface area contributed by atoms with Crippen molar-refractivity contribution in [2.45, 2.75) is 13.8 Å². The Labute approximate surface area is 244 Å². The Hall–Kier alpha value is -4.47. The zero-order valence-electron chi connectivity index (χ0n) is 22.8. The largest absolute Gasteiger partial charge is 0.309 e. The number of hydrogen-bond donors (Lipinski definition) is 0. The quantitative estimate of drug-likeness (QED) is 0.178. The first-order chi connectivity index (χ1) is 19.7. The van der Waals surface area contributed by atoms with Crippen molar-refractivity contribution in [1.82, 2.24) is 9.55 Å². The SMILES string of the molecule is C=C/C=C(\C=C)c1cc(-c2cc(Br)cc(-n3c4ccccc4c4ccccc43)c2)cc(-c2ccccc2)n1.CC. The molecule has 3 heteroatoms. The van der Waals surface area contributed by atoms with Gasteiger partial charge in [-0.15, -0.1) is 0 Å². The Morgan fingerprint density at radius 3 is 1.93 bits per heavy atom. The molecular formula is C37H31BrN2. The monoisotopic (exact) mass is 582 g/mol. The molecule has 0 atom stereocenters. The molecule has 196 valence electrons. The highest BCUT2D eigenvalue weighted by Crippen LogP contribution is 2.36. The molecule has 0 bridgehead atoms. The van der Waals surface area contributed by atoms with Gasteiger partial charge in [-0.05, 0) is 59.2 Å². The number of aromatic nitrogens is 2. The number of nitrogens with zero attached hydrogens (tertiary/aromatic N) is 2. The first-order valence-corrected chi connectivity index (χ1v) is 14.3. The summed E-state index contributed by atoms with van der Waals surface area (Å²) < 4.78 is 3.35. The fraction of sp³-hybridized carbons (Fsp3) is 0.0541. The molecule has 2 nitrogen and oxygen atoms in total. The zero-order valence-corrected chi connectivity index (χ0v) is 24.4. The Bertz CT molecular complexity index is 1810. The van der Waals surface area contributed by atoms with Crippen LogP contribution in [0.2, 0.25) is 0 Å². The van der Waals surface area contributed by atoms with Crippen LogP contribution in [0, 0.1) is 0 Å². The standard InChI is InChI=1S/C35H25BrN2.C2H6/c1-3-12-24(4-2)32-21-27(22-33(37-32)25-13-6-5-7-14-25)26-19-28(36)23-29(20-26)38-34-17-10-8-15-30(34)31-16-9-11-18-35(31)38;1-2/h3-23H,1-2H2;1-2H3/b24-12+;. The molecule has 2 aromatic heterocycles. The van der Waals surface area contributed by atoms with Crippen LogP contribution in [0.25, 0.3) is 55.5 Å². The second-order valence-electron chi connectivity index (χ2n) is 9.12. The summed E-state index contributed by atoms with van der Waals surface area (Å²) >= 11 is 3.80. The predicted octanol–water partition coefficient (Wildman–Crippen LogP) is 11.1. The summed E-state index contributed by atoms with van der Waals surface area (Å²) in [5, 5.41) is 2.49. The van der Waals surface area contributed by atoms with E-state index in [0.29, 0.717) is 0 Å². The Balaban J connectivity index is 0.00000158. The molecule has 0 saturated heterocycles. The molecule has 0 N–H and O–H groups in total. The van der Waals surface area contributed by atoms with Gasteiger partial charge >= 0.3 is 0 Å². The maximum atomic E-state index is 4.99. The van der Waals surface area contributed by atoms with Gasteiger partial charge in [0.05, 0.1) is 22.4 Å². The molecule has 40 heavy (non-hydrogen) atoms. The lowest BCUT2D eigenvalue weighted by molar-refractivity contribution is 1.18. The molecule has 0 radical (unpaired) electrons. The summed E-state index contributed by atoms with van der Waals surface area (Å²) in [7, 11) is 0. The van der Waals surface area contributed by atoms with Gasteiger partial charge in [0.1, 0.15) is 0 Å². The average Bonchev–Trinajstić information content (AvgIpc) is 3.35. The van der Waals surface area contributed by atoms with E-state index < -0.39 is 0 Å². The summed E-state index contributed by atoms with van der Waals surface area (Å²) in [5.41, 5.74) is 9.39. The minimum absolute atomic E-state index is 0.856. The van der Waals surface area contributed by atoms with E-state index in [1.807, 2.05) is 44.2 Å². The fourth-order valence-electron chi connectivity index (χ4n) is 5.06. The van der Waals surface area contributed by atoms with E-state index in [9.17, 15) is 0 Å². The number of benzene rings is 4. The molecular weight excluding hydrogens is 552 g/mol. The van der Waals surface area contributed by atoms with Crippen molar-refractivity contribution in [3.8, 4) is 28.1 Å². The van der Waals surface area contributed by atoms with Crippen LogP contribution >= 0.6 is 15.9 Å². The number of halogens is 1. The van der Waals surface area contributed by atoms with Crippen LogP contribution in [0.4, 0.5) is 0 Å². The highest BCUT2D eigenvalue weighted by atomic mass is 79.9. The fourth-order valence-corrected chi connectivity index (χ4v) is 5.54. The number of pyridine rings is 1. The molecule has 0 aliphatic rings. The zero-order chi connectivity index (χ0) is 28.1.